The van der Waals surface area contributed by atoms with Crippen molar-refractivity contribution in [1.29, 1.82) is 0 Å². The molecule has 0 saturated carbocycles. The van der Waals surface area contributed by atoms with Crippen LogP contribution in [0.2, 0.25) is 0 Å². The molecule has 1 aliphatic heterocycles. The first-order valence-electron chi connectivity index (χ1n) is 12.8. The highest BCUT2D eigenvalue weighted by Gasteiger charge is 2.24. The van der Waals surface area contributed by atoms with Crippen LogP contribution in [0.1, 0.15) is 43.7 Å². The molecular weight excluding hydrogens is 452 g/mol. The van der Waals surface area contributed by atoms with Crippen molar-refractivity contribution >= 4 is 22.5 Å². The number of nitrogens with one attached hydrogen (secondary N) is 1. The van der Waals surface area contributed by atoms with Gasteiger partial charge < -0.3 is 19.5 Å². The number of likely N-dealkylation sites (tertiary alicyclic amines) is 1. The highest BCUT2D eigenvalue weighted by molar-refractivity contribution is 5.92. The lowest BCUT2D eigenvalue weighted by atomic mass is 9.96. The van der Waals surface area contributed by atoms with Gasteiger partial charge in [-0.15, -0.1) is 0 Å². The van der Waals surface area contributed by atoms with Gasteiger partial charge in [0.05, 0.1) is 18.8 Å². The Kier molecular flexibility index (Phi) is 6.71. The minimum Gasteiger partial charge on any atom is -0.493 e. The molecule has 0 radical (unpaired) electrons. The topological polar surface area (TPSA) is 78.8 Å². The standard InChI is InChI=1S/C28H36N6O2/c1-18(2)26-23-13-22(36-16-20-8-10-33(11-9-20)25(35)15-32(4)5)6-7-24(23)31-27(26)21-12-19(3)28-29-17-30-34(28)14-21/h6-7,12-14,17-18,20,31H,8-11,15-16H2,1-5H3. The van der Waals surface area contributed by atoms with Gasteiger partial charge in [-0.3, -0.25) is 4.79 Å². The summed E-state index contributed by atoms with van der Waals surface area (Å²) in [5, 5.41) is 5.54. The minimum absolute atomic E-state index is 0.215. The molecule has 4 aromatic rings. The molecule has 1 N–H and O–H groups in total. The van der Waals surface area contributed by atoms with Crippen LogP contribution in [-0.2, 0) is 4.79 Å². The first-order chi connectivity index (χ1) is 17.3. The number of ether oxygens (including phenoxy) is 1. The molecule has 1 aromatic carbocycles. The SMILES string of the molecule is Cc1cc(-c2[nH]c3ccc(OCC4CCN(C(=O)CN(C)C)CC4)cc3c2C(C)C)cn2ncnc12. The van der Waals surface area contributed by atoms with Gasteiger partial charge >= 0.3 is 0 Å². The number of carbonyl (C=O) groups is 1. The van der Waals surface area contributed by atoms with Gasteiger partial charge in [0.2, 0.25) is 5.91 Å². The number of amides is 1. The average molecular weight is 489 g/mol. The van der Waals surface area contributed by atoms with E-state index in [0.717, 1.165) is 59.7 Å². The molecule has 3 aromatic heterocycles. The second-order valence-electron chi connectivity index (χ2n) is 10.6. The molecule has 8 nitrogen and oxygen atoms in total. The molecule has 1 saturated heterocycles. The lowest BCUT2D eigenvalue weighted by Gasteiger charge is -2.32. The van der Waals surface area contributed by atoms with E-state index in [9.17, 15) is 4.79 Å². The van der Waals surface area contributed by atoms with Gasteiger partial charge in [-0.1, -0.05) is 13.8 Å². The largest absolute Gasteiger partial charge is 0.493 e. The van der Waals surface area contributed by atoms with Crippen LogP contribution < -0.4 is 4.74 Å². The zero-order valence-electron chi connectivity index (χ0n) is 21.9. The number of likely N-dealkylation sites (N-methyl/N-ethyl adjacent to an activating group) is 1. The molecule has 5 rings (SSSR count). The zero-order chi connectivity index (χ0) is 25.4. The van der Waals surface area contributed by atoms with Crippen molar-refractivity contribution in [2.45, 2.75) is 39.5 Å². The van der Waals surface area contributed by atoms with Crippen LogP contribution in [-0.4, -0.2) is 75.6 Å². The summed E-state index contributed by atoms with van der Waals surface area (Å²) in [7, 11) is 3.87. The Labute approximate surface area is 212 Å². The molecule has 0 spiro atoms. The maximum Gasteiger partial charge on any atom is 0.236 e. The maximum absolute atomic E-state index is 12.3. The summed E-state index contributed by atoms with van der Waals surface area (Å²) in [6, 6.07) is 8.51. The smallest absolute Gasteiger partial charge is 0.236 e. The zero-order valence-corrected chi connectivity index (χ0v) is 21.9. The Bertz CT molecular complexity index is 1380. The number of aromatic amines is 1. The summed E-state index contributed by atoms with van der Waals surface area (Å²) in [6.07, 6.45) is 5.60. The van der Waals surface area contributed by atoms with Crippen LogP contribution in [0.3, 0.4) is 0 Å². The number of carbonyl (C=O) groups excluding carboxylic acids is 1. The van der Waals surface area contributed by atoms with Crippen LogP contribution in [0.25, 0.3) is 27.8 Å². The molecule has 1 amide bonds. The number of piperidine rings is 1. The van der Waals surface area contributed by atoms with Gasteiger partial charge in [0, 0.05) is 35.8 Å². The Hall–Kier alpha value is -3.39. The summed E-state index contributed by atoms with van der Waals surface area (Å²) >= 11 is 0. The van der Waals surface area contributed by atoms with E-state index in [2.05, 4.69) is 54.0 Å². The lowest BCUT2D eigenvalue weighted by molar-refractivity contribution is -0.133. The van der Waals surface area contributed by atoms with Gasteiger partial charge in [0.25, 0.3) is 0 Å². The Morgan fingerprint density at radius 1 is 1.22 bits per heavy atom. The highest BCUT2D eigenvalue weighted by Crippen LogP contribution is 2.37. The number of aryl methyl sites for hydroxylation is 1. The van der Waals surface area contributed by atoms with E-state index in [1.165, 1.54) is 10.9 Å². The third-order valence-electron chi connectivity index (χ3n) is 7.14. The average Bonchev–Trinajstić information content (AvgIpc) is 3.47. The molecule has 1 aliphatic rings. The van der Waals surface area contributed by atoms with Crippen molar-refractivity contribution in [3.8, 4) is 17.0 Å². The monoisotopic (exact) mass is 488 g/mol. The lowest BCUT2D eigenvalue weighted by Crippen LogP contribution is -2.43. The molecular formula is C28H36N6O2. The summed E-state index contributed by atoms with van der Waals surface area (Å²) in [5.41, 5.74) is 6.57. The number of fused-ring (bicyclic) bond motifs is 2. The molecule has 1 fully saturated rings. The number of pyridine rings is 1. The molecule has 4 heterocycles. The van der Waals surface area contributed by atoms with Crippen molar-refractivity contribution in [3.05, 3.63) is 47.9 Å². The quantitative estimate of drug-likeness (QED) is 0.415. The molecule has 0 aliphatic carbocycles. The number of hydrogen-bond acceptors (Lipinski definition) is 5. The van der Waals surface area contributed by atoms with E-state index in [0.29, 0.717) is 25.0 Å². The van der Waals surface area contributed by atoms with E-state index < -0.39 is 0 Å². The van der Waals surface area contributed by atoms with Crippen molar-refractivity contribution < 1.29 is 9.53 Å². The van der Waals surface area contributed by atoms with Crippen LogP contribution >= 0.6 is 0 Å². The number of H-pyrrole nitrogens is 1. The van der Waals surface area contributed by atoms with Gasteiger partial charge in [-0.25, -0.2) is 9.50 Å². The molecule has 190 valence electrons. The summed E-state index contributed by atoms with van der Waals surface area (Å²) in [6.45, 7) is 9.31. The fourth-order valence-electron chi connectivity index (χ4n) is 5.27. The number of benzene rings is 1. The van der Waals surface area contributed by atoms with Crippen LogP contribution in [0.15, 0.2) is 36.8 Å². The Balaban J connectivity index is 1.33. The first-order valence-corrected chi connectivity index (χ1v) is 12.8. The van der Waals surface area contributed by atoms with Crippen LogP contribution in [0, 0.1) is 12.8 Å². The molecule has 0 atom stereocenters. The summed E-state index contributed by atoms with van der Waals surface area (Å²) < 4.78 is 8.12. The van der Waals surface area contributed by atoms with Crippen molar-refractivity contribution in [2.24, 2.45) is 5.92 Å². The highest BCUT2D eigenvalue weighted by atomic mass is 16.5. The second kappa shape index (κ2) is 9.93. The third kappa shape index (κ3) is 4.82. The molecule has 0 unspecified atom stereocenters. The van der Waals surface area contributed by atoms with Crippen molar-refractivity contribution in [2.75, 3.05) is 40.3 Å². The normalized spacial score (nSPS) is 15.0. The molecule has 36 heavy (non-hydrogen) atoms. The predicted molar refractivity (Wildman–Crippen MR) is 142 cm³/mol. The van der Waals surface area contributed by atoms with Gasteiger partial charge in [0.1, 0.15) is 12.1 Å². The number of aromatic nitrogens is 4. The summed E-state index contributed by atoms with van der Waals surface area (Å²) in [5.74, 6) is 1.91. The Morgan fingerprint density at radius 2 is 2.00 bits per heavy atom. The number of hydrogen-bond donors (Lipinski definition) is 1. The first kappa shape index (κ1) is 24.3. The maximum atomic E-state index is 12.3. The molecule has 8 heteroatoms. The van der Waals surface area contributed by atoms with Crippen molar-refractivity contribution in [3.63, 3.8) is 0 Å². The fourth-order valence-corrected chi connectivity index (χ4v) is 5.27. The second-order valence-corrected chi connectivity index (χ2v) is 10.6. The van der Waals surface area contributed by atoms with Crippen molar-refractivity contribution in [1.82, 2.24) is 29.4 Å². The van der Waals surface area contributed by atoms with E-state index in [-0.39, 0.29) is 5.91 Å². The Morgan fingerprint density at radius 3 is 2.72 bits per heavy atom. The van der Waals surface area contributed by atoms with Gasteiger partial charge in [-0.2, -0.15) is 5.10 Å². The number of nitrogens with zero attached hydrogens (tertiary/aromatic N) is 5. The predicted octanol–water partition coefficient (Wildman–Crippen LogP) is 4.49. The van der Waals surface area contributed by atoms with E-state index in [1.54, 1.807) is 6.33 Å². The van der Waals surface area contributed by atoms with Gasteiger partial charge in [0.15, 0.2) is 5.65 Å². The van der Waals surface area contributed by atoms with Crippen LogP contribution in [0.4, 0.5) is 0 Å². The third-order valence-corrected chi connectivity index (χ3v) is 7.14. The fraction of sp³-hybridized carbons (Fsp3) is 0.464. The number of rotatable bonds is 7. The molecule has 0 bridgehead atoms. The van der Waals surface area contributed by atoms with Gasteiger partial charge in [-0.05, 0) is 81.1 Å². The van der Waals surface area contributed by atoms with Crippen LogP contribution in [0.5, 0.6) is 5.75 Å². The minimum atomic E-state index is 0.215. The van der Waals surface area contributed by atoms with E-state index >= 15 is 0 Å². The summed E-state index contributed by atoms with van der Waals surface area (Å²) in [4.78, 5) is 24.2. The van der Waals surface area contributed by atoms with E-state index in [4.69, 9.17) is 4.74 Å². The van der Waals surface area contributed by atoms with E-state index in [1.807, 2.05) is 40.7 Å².